The van der Waals surface area contributed by atoms with Crippen molar-refractivity contribution in [3.8, 4) is 0 Å². The molecule has 0 heterocycles. The number of rotatable bonds is 3. The van der Waals surface area contributed by atoms with Crippen LogP contribution in [0.5, 0.6) is 0 Å². The van der Waals surface area contributed by atoms with Gasteiger partial charge < -0.3 is 16.2 Å². The van der Waals surface area contributed by atoms with Crippen molar-refractivity contribution in [1.29, 1.82) is 0 Å². The van der Waals surface area contributed by atoms with E-state index in [1.54, 1.807) is 12.1 Å². The van der Waals surface area contributed by atoms with Crippen molar-refractivity contribution >= 4 is 39.0 Å². The van der Waals surface area contributed by atoms with Gasteiger partial charge in [0.15, 0.2) is 0 Å². The summed E-state index contributed by atoms with van der Waals surface area (Å²) in [5.74, 6) is -0.992. The zero-order valence-corrected chi connectivity index (χ0v) is 11.9. The molecule has 4 N–H and O–H groups in total. The number of halogens is 1. The third-order valence-corrected chi connectivity index (χ3v) is 3.58. The molecule has 0 aliphatic rings. The van der Waals surface area contributed by atoms with Crippen LogP contribution in [0.15, 0.2) is 40.9 Å². The van der Waals surface area contributed by atoms with Crippen LogP contribution in [-0.2, 0) is 0 Å². The molecule has 2 aromatic rings. The molecule has 0 atom stereocenters. The van der Waals surface area contributed by atoms with E-state index in [-0.39, 0.29) is 5.56 Å². The topological polar surface area (TPSA) is 75.3 Å². The molecule has 0 amide bonds. The summed E-state index contributed by atoms with van der Waals surface area (Å²) < 4.78 is 0.957. The van der Waals surface area contributed by atoms with Crippen LogP contribution in [0.25, 0.3) is 0 Å². The first-order valence-corrected chi connectivity index (χ1v) is 6.42. The van der Waals surface area contributed by atoms with Crippen molar-refractivity contribution in [2.45, 2.75) is 6.92 Å². The smallest absolute Gasteiger partial charge is 0.337 e. The van der Waals surface area contributed by atoms with E-state index in [1.165, 1.54) is 6.07 Å². The zero-order valence-electron chi connectivity index (χ0n) is 10.3. The minimum Gasteiger partial charge on any atom is -0.478 e. The van der Waals surface area contributed by atoms with Crippen LogP contribution in [0.2, 0.25) is 0 Å². The summed E-state index contributed by atoms with van der Waals surface area (Å²) >= 11 is 3.44. The third kappa shape index (κ3) is 3.06. The van der Waals surface area contributed by atoms with Crippen molar-refractivity contribution in [2.24, 2.45) is 0 Å². The lowest BCUT2D eigenvalue weighted by Crippen LogP contribution is -2.03. The summed E-state index contributed by atoms with van der Waals surface area (Å²) in [6.07, 6.45) is 0. The minimum atomic E-state index is -0.992. The lowest BCUT2D eigenvalue weighted by Gasteiger charge is -2.11. The highest BCUT2D eigenvalue weighted by Crippen LogP contribution is 2.26. The van der Waals surface area contributed by atoms with Crippen LogP contribution in [-0.4, -0.2) is 11.1 Å². The van der Waals surface area contributed by atoms with Gasteiger partial charge in [-0.3, -0.25) is 0 Å². The van der Waals surface area contributed by atoms with E-state index < -0.39 is 5.97 Å². The fourth-order valence-electron chi connectivity index (χ4n) is 1.68. The number of nitrogens with one attached hydrogen (secondary N) is 1. The second kappa shape index (κ2) is 5.32. The van der Waals surface area contributed by atoms with Crippen molar-refractivity contribution in [1.82, 2.24) is 0 Å². The van der Waals surface area contributed by atoms with Gasteiger partial charge in [-0.25, -0.2) is 4.79 Å². The minimum absolute atomic E-state index is 0.186. The summed E-state index contributed by atoms with van der Waals surface area (Å²) in [5, 5.41) is 12.2. The average Bonchev–Trinajstić information content (AvgIpc) is 2.33. The van der Waals surface area contributed by atoms with Gasteiger partial charge in [0.1, 0.15) is 0 Å². The Hall–Kier alpha value is -2.01. The Morgan fingerprint density at radius 1 is 1.26 bits per heavy atom. The average molecular weight is 321 g/mol. The van der Waals surface area contributed by atoms with Gasteiger partial charge in [-0.15, -0.1) is 0 Å². The number of nitrogen functional groups attached to an aromatic ring is 1. The van der Waals surface area contributed by atoms with Crippen molar-refractivity contribution in [3.63, 3.8) is 0 Å². The normalized spacial score (nSPS) is 10.2. The molecule has 2 aromatic carbocycles. The molecule has 0 aliphatic heterocycles. The predicted molar refractivity (Wildman–Crippen MR) is 80.0 cm³/mol. The van der Waals surface area contributed by atoms with Gasteiger partial charge in [-0.2, -0.15) is 0 Å². The number of carbonyl (C=O) groups is 1. The number of benzene rings is 2. The summed E-state index contributed by atoms with van der Waals surface area (Å²) in [6.45, 7) is 1.98. The maximum absolute atomic E-state index is 11.2. The van der Waals surface area contributed by atoms with Crippen molar-refractivity contribution in [2.75, 3.05) is 11.1 Å². The molecule has 4 nitrogen and oxygen atoms in total. The van der Waals surface area contributed by atoms with E-state index in [1.807, 2.05) is 25.1 Å². The van der Waals surface area contributed by atoms with Crippen LogP contribution in [0.3, 0.4) is 0 Å². The van der Waals surface area contributed by atoms with E-state index in [9.17, 15) is 4.79 Å². The van der Waals surface area contributed by atoms with Gasteiger partial charge in [0.25, 0.3) is 0 Å². The molecule has 98 valence electrons. The fraction of sp³-hybridized carbons (Fsp3) is 0.0714. The highest BCUT2D eigenvalue weighted by molar-refractivity contribution is 9.10. The fourth-order valence-corrected chi connectivity index (χ4v) is 2.06. The van der Waals surface area contributed by atoms with Gasteiger partial charge >= 0.3 is 5.97 Å². The highest BCUT2D eigenvalue weighted by Gasteiger charge is 2.10. The Bertz CT molecular complexity index is 641. The molecule has 0 aliphatic carbocycles. The number of carboxylic acid groups (broad SMARTS) is 1. The number of aromatic carboxylic acids is 1. The van der Waals surface area contributed by atoms with E-state index in [0.717, 1.165) is 15.7 Å². The SMILES string of the molecule is Cc1ccc(Nc2cc(N)ccc2C(=O)O)cc1Br. The molecule has 0 unspecified atom stereocenters. The molecule has 0 aromatic heterocycles. The number of aryl methyl sites for hydroxylation is 1. The van der Waals surface area contributed by atoms with Crippen LogP contribution in [0.4, 0.5) is 17.1 Å². The Morgan fingerprint density at radius 3 is 2.63 bits per heavy atom. The Kier molecular flexibility index (Phi) is 3.76. The first-order chi connectivity index (χ1) is 8.97. The van der Waals surface area contributed by atoms with E-state index in [2.05, 4.69) is 21.2 Å². The number of carboxylic acids is 1. The standard InChI is InChI=1S/C14H13BrN2O2/c1-8-2-4-10(7-12(8)15)17-13-6-9(16)3-5-11(13)14(18)19/h2-7,17H,16H2,1H3,(H,18,19). The van der Waals surface area contributed by atoms with Gasteiger partial charge in [0, 0.05) is 15.8 Å². The quantitative estimate of drug-likeness (QED) is 0.752. The van der Waals surface area contributed by atoms with Crippen molar-refractivity contribution < 1.29 is 9.90 Å². The molecule has 2 rings (SSSR count). The first-order valence-electron chi connectivity index (χ1n) is 5.63. The first kappa shape index (κ1) is 13.4. The largest absolute Gasteiger partial charge is 0.478 e. The molecule has 19 heavy (non-hydrogen) atoms. The monoisotopic (exact) mass is 320 g/mol. The maximum Gasteiger partial charge on any atom is 0.337 e. The van der Waals surface area contributed by atoms with Crippen LogP contribution in [0.1, 0.15) is 15.9 Å². The van der Waals surface area contributed by atoms with Crippen LogP contribution < -0.4 is 11.1 Å². The van der Waals surface area contributed by atoms with Gasteiger partial charge in [-0.1, -0.05) is 22.0 Å². The number of nitrogens with two attached hydrogens (primary N) is 1. The number of hydrogen-bond acceptors (Lipinski definition) is 3. The summed E-state index contributed by atoms with van der Waals surface area (Å²) in [7, 11) is 0. The lowest BCUT2D eigenvalue weighted by molar-refractivity contribution is 0.0698. The molecule has 5 heteroatoms. The van der Waals surface area contributed by atoms with Crippen LogP contribution in [0, 0.1) is 6.92 Å². The van der Waals surface area contributed by atoms with E-state index >= 15 is 0 Å². The molecule has 0 spiro atoms. The molecule has 0 saturated heterocycles. The maximum atomic E-state index is 11.2. The summed E-state index contributed by atoms with van der Waals surface area (Å²) in [4.78, 5) is 11.2. The Balaban J connectivity index is 2.39. The Labute approximate surface area is 119 Å². The molecule has 0 saturated carbocycles. The molecule has 0 fully saturated rings. The molecule has 0 bridgehead atoms. The molecular formula is C14H13BrN2O2. The van der Waals surface area contributed by atoms with Crippen LogP contribution >= 0.6 is 15.9 Å². The Morgan fingerprint density at radius 2 is 2.00 bits per heavy atom. The molecule has 0 radical (unpaired) electrons. The molecular weight excluding hydrogens is 308 g/mol. The van der Waals surface area contributed by atoms with E-state index in [4.69, 9.17) is 10.8 Å². The summed E-state index contributed by atoms with van der Waals surface area (Å²) in [5.41, 5.74) is 8.77. The zero-order chi connectivity index (χ0) is 14.0. The van der Waals surface area contributed by atoms with E-state index in [0.29, 0.717) is 11.4 Å². The van der Waals surface area contributed by atoms with Gasteiger partial charge in [0.2, 0.25) is 0 Å². The lowest BCUT2D eigenvalue weighted by atomic mass is 10.1. The summed E-state index contributed by atoms with van der Waals surface area (Å²) in [6, 6.07) is 10.4. The number of anilines is 3. The van der Waals surface area contributed by atoms with Gasteiger partial charge in [-0.05, 0) is 42.8 Å². The van der Waals surface area contributed by atoms with Crippen molar-refractivity contribution in [3.05, 3.63) is 52.0 Å². The highest BCUT2D eigenvalue weighted by atomic mass is 79.9. The third-order valence-electron chi connectivity index (χ3n) is 2.72. The second-order valence-corrected chi connectivity index (χ2v) is 5.05. The van der Waals surface area contributed by atoms with Gasteiger partial charge in [0.05, 0.1) is 11.3 Å². The number of hydrogen-bond donors (Lipinski definition) is 3. The predicted octanol–water partition coefficient (Wildman–Crippen LogP) is 3.78. The second-order valence-electron chi connectivity index (χ2n) is 4.20.